The summed E-state index contributed by atoms with van der Waals surface area (Å²) >= 11 is 12.2. The molecule has 1 atom stereocenters. The highest BCUT2D eigenvalue weighted by Gasteiger charge is 2.24. The second kappa shape index (κ2) is 6.34. The van der Waals surface area contributed by atoms with Crippen LogP contribution in [0, 0.1) is 0 Å². The molecule has 0 radical (unpaired) electrons. The zero-order valence-corrected chi connectivity index (χ0v) is 12.4. The number of benzene rings is 1. The van der Waals surface area contributed by atoms with Gasteiger partial charge in [0.05, 0.1) is 28.7 Å². The molecule has 1 heterocycles. The highest BCUT2D eigenvalue weighted by atomic mass is 35.5. The molecule has 6 nitrogen and oxygen atoms in total. The van der Waals surface area contributed by atoms with Gasteiger partial charge in [-0.1, -0.05) is 23.2 Å². The molecule has 1 aromatic heterocycles. The van der Waals surface area contributed by atoms with Gasteiger partial charge in [-0.05, 0) is 13.0 Å². The molecule has 0 amide bonds. The van der Waals surface area contributed by atoms with Gasteiger partial charge in [0, 0.05) is 11.6 Å². The van der Waals surface area contributed by atoms with E-state index in [1.54, 1.807) is 6.92 Å². The zero-order valence-electron chi connectivity index (χ0n) is 10.9. The molecule has 1 aromatic carbocycles. The Balaban J connectivity index is 2.44. The van der Waals surface area contributed by atoms with Crippen LogP contribution in [0.1, 0.15) is 34.8 Å². The monoisotopic (exact) mass is 330 g/mol. The molecule has 0 aliphatic carbocycles. The molecule has 112 valence electrons. The SMILES string of the molecule is CCOc1cc(Cl)c(C(O)c2[nH]cnc2C(=O)O)cc1Cl. The molecule has 2 rings (SSSR count). The van der Waals surface area contributed by atoms with E-state index in [0.717, 1.165) is 0 Å². The largest absolute Gasteiger partial charge is 0.492 e. The number of aromatic carboxylic acids is 1. The highest BCUT2D eigenvalue weighted by Crippen LogP contribution is 2.36. The Hall–Kier alpha value is -1.76. The van der Waals surface area contributed by atoms with Gasteiger partial charge in [-0.15, -0.1) is 0 Å². The van der Waals surface area contributed by atoms with Gasteiger partial charge in [0.15, 0.2) is 5.69 Å². The van der Waals surface area contributed by atoms with Crippen molar-refractivity contribution < 1.29 is 19.7 Å². The number of aromatic nitrogens is 2. The molecule has 0 bridgehead atoms. The maximum Gasteiger partial charge on any atom is 0.356 e. The summed E-state index contributed by atoms with van der Waals surface area (Å²) in [5.74, 6) is -0.860. The molecular weight excluding hydrogens is 319 g/mol. The number of halogens is 2. The number of hydrogen-bond donors (Lipinski definition) is 3. The predicted molar refractivity (Wildman–Crippen MR) is 77.2 cm³/mol. The molecule has 8 heteroatoms. The minimum Gasteiger partial charge on any atom is -0.492 e. The summed E-state index contributed by atoms with van der Waals surface area (Å²) in [6.07, 6.45) is -0.106. The zero-order chi connectivity index (χ0) is 15.6. The van der Waals surface area contributed by atoms with Gasteiger partial charge in [-0.3, -0.25) is 0 Å². The average Bonchev–Trinajstić information content (AvgIpc) is 2.91. The van der Waals surface area contributed by atoms with Crippen LogP contribution in [0.15, 0.2) is 18.5 Å². The van der Waals surface area contributed by atoms with E-state index in [1.165, 1.54) is 18.5 Å². The quantitative estimate of drug-likeness (QED) is 0.783. The van der Waals surface area contributed by atoms with Crippen molar-refractivity contribution in [3.63, 3.8) is 0 Å². The number of rotatable bonds is 5. The molecule has 0 spiro atoms. The third-order valence-corrected chi connectivity index (χ3v) is 3.41. The summed E-state index contributed by atoms with van der Waals surface area (Å²) in [5, 5.41) is 19.8. The van der Waals surface area contributed by atoms with E-state index in [0.29, 0.717) is 12.4 Å². The molecule has 0 saturated heterocycles. The Morgan fingerprint density at radius 1 is 1.43 bits per heavy atom. The fourth-order valence-electron chi connectivity index (χ4n) is 1.86. The van der Waals surface area contributed by atoms with E-state index in [2.05, 4.69) is 9.97 Å². The van der Waals surface area contributed by atoms with Crippen LogP contribution in [0.4, 0.5) is 0 Å². The lowest BCUT2D eigenvalue weighted by molar-refractivity contribution is 0.0685. The number of imidazole rings is 1. The molecular formula is C13H12Cl2N2O4. The lowest BCUT2D eigenvalue weighted by atomic mass is 10.0. The van der Waals surface area contributed by atoms with E-state index in [9.17, 15) is 9.90 Å². The van der Waals surface area contributed by atoms with E-state index in [-0.39, 0.29) is 27.0 Å². The minimum atomic E-state index is -1.29. The van der Waals surface area contributed by atoms with Crippen molar-refractivity contribution in [1.82, 2.24) is 9.97 Å². The number of nitrogens with one attached hydrogen (secondary N) is 1. The third-order valence-electron chi connectivity index (χ3n) is 2.79. The summed E-state index contributed by atoms with van der Waals surface area (Å²) in [5.41, 5.74) is 0.0186. The van der Waals surface area contributed by atoms with E-state index < -0.39 is 12.1 Å². The number of hydrogen-bond acceptors (Lipinski definition) is 4. The van der Waals surface area contributed by atoms with Crippen molar-refractivity contribution >= 4 is 29.2 Å². The van der Waals surface area contributed by atoms with Crippen molar-refractivity contribution in [1.29, 1.82) is 0 Å². The maximum atomic E-state index is 11.0. The van der Waals surface area contributed by atoms with Crippen LogP contribution in [0.2, 0.25) is 10.0 Å². The summed E-state index contributed by atoms with van der Waals surface area (Å²) in [6, 6.07) is 2.91. The summed E-state index contributed by atoms with van der Waals surface area (Å²) in [6.45, 7) is 2.22. The first kappa shape index (κ1) is 15.6. The lowest BCUT2D eigenvalue weighted by Gasteiger charge is -2.14. The molecule has 0 saturated carbocycles. The van der Waals surface area contributed by atoms with E-state index in [1.807, 2.05) is 0 Å². The van der Waals surface area contributed by atoms with Crippen molar-refractivity contribution in [2.45, 2.75) is 13.0 Å². The number of aliphatic hydroxyl groups is 1. The lowest BCUT2D eigenvalue weighted by Crippen LogP contribution is -2.09. The smallest absolute Gasteiger partial charge is 0.356 e. The second-order valence-electron chi connectivity index (χ2n) is 4.11. The Bertz CT molecular complexity index is 672. The van der Waals surface area contributed by atoms with Gasteiger partial charge < -0.3 is 19.9 Å². The van der Waals surface area contributed by atoms with Crippen molar-refractivity contribution in [2.24, 2.45) is 0 Å². The van der Waals surface area contributed by atoms with Crippen LogP contribution in [0.3, 0.4) is 0 Å². The Kier molecular flexibility index (Phi) is 4.72. The first-order valence-corrected chi connectivity index (χ1v) is 6.77. The van der Waals surface area contributed by atoms with Gasteiger partial charge in [-0.2, -0.15) is 0 Å². The van der Waals surface area contributed by atoms with Gasteiger partial charge in [-0.25, -0.2) is 9.78 Å². The van der Waals surface area contributed by atoms with E-state index >= 15 is 0 Å². The Morgan fingerprint density at radius 2 is 2.14 bits per heavy atom. The Labute approximate surface area is 130 Å². The Morgan fingerprint density at radius 3 is 2.76 bits per heavy atom. The number of aromatic amines is 1. The van der Waals surface area contributed by atoms with Crippen molar-refractivity contribution in [2.75, 3.05) is 6.61 Å². The van der Waals surface area contributed by atoms with Crippen LogP contribution in [-0.2, 0) is 0 Å². The minimum absolute atomic E-state index is 0.0321. The van der Waals surface area contributed by atoms with Gasteiger partial charge >= 0.3 is 5.97 Å². The molecule has 1 unspecified atom stereocenters. The van der Waals surface area contributed by atoms with Crippen LogP contribution >= 0.6 is 23.2 Å². The van der Waals surface area contributed by atoms with Crippen molar-refractivity contribution in [3.8, 4) is 5.75 Å². The fourth-order valence-corrected chi connectivity index (χ4v) is 2.34. The first-order valence-electron chi connectivity index (χ1n) is 6.02. The predicted octanol–water partition coefficient (Wildman–Crippen LogP) is 2.90. The number of carbonyl (C=O) groups is 1. The molecule has 2 aromatic rings. The standard InChI is InChI=1S/C13H12Cl2N2O4/c1-2-21-9-4-7(14)6(3-8(9)15)12(18)10-11(13(19)20)17-5-16-10/h3-5,12,18H,2H2,1H3,(H,16,17)(H,19,20). The van der Waals surface area contributed by atoms with Crippen LogP contribution < -0.4 is 4.74 Å². The average molecular weight is 331 g/mol. The van der Waals surface area contributed by atoms with Crippen LogP contribution in [0.5, 0.6) is 5.75 Å². The summed E-state index contributed by atoms with van der Waals surface area (Å²) in [4.78, 5) is 17.3. The number of nitrogens with zero attached hydrogens (tertiary/aromatic N) is 1. The molecule has 3 N–H and O–H groups in total. The highest BCUT2D eigenvalue weighted by molar-refractivity contribution is 6.34. The third kappa shape index (κ3) is 3.12. The van der Waals surface area contributed by atoms with Gasteiger partial charge in [0.2, 0.25) is 0 Å². The topological polar surface area (TPSA) is 95.4 Å². The van der Waals surface area contributed by atoms with Crippen LogP contribution in [0.25, 0.3) is 0 Å². The second-order valence-corrected chi connectivity index (χ2v) is 4.92. The van der Waals surface area contributed by atoms with Crippen LogP contribution in [-0.4, -0.2) is 32.8 Å². The molecule has 21 heavy (non-hydrogen) atoms. The van der Waals surface area contributed by atoms with Gasteiger partial charge in [0.25, 0.3) is 0 Å². The molecule has 0 aliphatic rings. The maximum absolute atomic E-state index is 11.0. The molecule has 0 aliphatic heterocycles. The first-order chi connectivity index (χ1) is 9.95. The fraction of sp³-hybridized carbons (Fsp3) is 0.231. The summed E-state index contributed by atoms with van der Waals surface area (Å²) in [7, 11) is 0. The van der Waals surface area contributed by atoms with Gasteiger partial charge in [0.1, 0.15) is 11.9 Å². The normalized spacial score (nSPS) is 12.2. The van der Waals surface area contributed by atoms with Crippen molar-refractivity contribution in [3.05, 3.63) is 45.5 Å². The molecule has 0 fully saturated rings. The number of aliphatic hydroxyl groups excluding tert-OH is 1. The van der Waals surface area contributed by atoms with E-state index in [4.69, 9.17) is 33.0 Å². The summed E-state index contributed by atoms with van der Waals surface area (Å²) < 4.78 is 5.29. The number of ether oxygens (including phenoxy) is 1. The number of H-pyrrole nitrogens is 1. The number of carboxylic acids is 1. The number of carboxylic acid groups (broad SMARTS) is 1.